The number of hydrogen-bond acceptors (Lipinski definition) is 4. The van der Waals surface area contributed by atoms with Gasteiger partial charge in [0.1, 0.15) is 11.5 Å². The molecule has 1 N–H and O–H groups in total. The van der Waals surface area contributed by atoms with Gasteiger partial charge in [-0.1, -0.05) is 12.1 Å². The number of benzene rings is 2. The Morgan fingerprint density at radius 1 is 1.11 bits per heavy atom. The molecule has 0 bridgehead atoms. The predicted molar refractivity (Wildman–Crippen MR) is 106 cm³/mol. The van der Waals surface area contributed by atoms with Gasteiger partial charge in [0.25, 0.3) is 5.91 Å². The van der Waals surface area contributed by atoms with Crippen molar-refractivity contribution >= 4 is 5.91 Å². The molecule has 1 heterocycles. The molecule has 144 valence electrons. The number of nitrogens with one attached hydrogen (secondary N) is 1. The first-order chi connectivity index (χ1) is 13.2. The Morgan fingerprint density at radius 2 is 1.85 bits per heavy atom. The zero-order chi connectivity index (χ0) is 19.1. The van der Waals surface area contributed by atoms with Crippen LogP contribution >= 0.6 is 0 Å². The lowest BCUT2D eigenvalue weighted by molar-refractivity contribution is 0.0938. The second kappa shape index (κ2) is 9.42. The van der Waals surface area contributed by atoms with E-state index in [2.05, 4.69) is 22.3 Å². The lowest BCUT2D eigenvalue weighted by Crippen LogP contribution is -2.36. The lowest BCUT2D eigenvalue weighted by atomic mass is 10.0. The van der Waals surface area contributed by atoms with Crippen molar-refractivity contribution in [2.75, 3.05) is 33.4 Å². The van der Waals surface area contributed by atoms with E-state index in [-0.39, 0.29) is 11.9 Å². The summed E-state index contributed by atoms with van der Waals surface area (Å²) in [5.74, 6) is 1.56. The number of amides is 1. The molecular formula is C22H28N2O3. The zero-order valence-electron chi connectivity index (χ0n) is 16.1. The molecule has 5 heteroatoms. The molecule has 0 spiro atoms. The maximum absolute atomic E-state index is 12.6. The summed E-state index contributed by atoms with van der Waals surface area (Å²) in [5.41, 5.74) is 1.81. The van der Waals surface area contributed by atoms with E-state index < -0.39 is 0 Å². The van der Waals surface area contributed by atoms with Gasteiger partial charge in [0.05, 0.1) is 19.8 Å². The summed E-state index contributed by atoms with van der Waals surface area (Å²) in [6.07, 6.45) is 2.40. The van der Waals surface area contributed by atoms with Crippen LogP contribution in [-0.2, 0) is 0 Å². The number of likely N-dealkylation sites (tertiary alicyclic amines) is 1. The average molecular weight is 368 g/mol. The van der Waals surface area contributed by atoms with Crippen molar-refractivity contribution in [1.29, 1.82) is 0 Å². The Hall–Kier alpha value is -2.53. The summed E-state index contributed by atoms with van der Waals surface area (Å²) in [4.78, 5) is 15.0. The fourth-order valence-electron chi connectivity index (χ4n) is 3.52. The van der Waals surface area contributed by atoms with E-state index in [0.717, 1.165) is 24.6 Å². The first-order valence-corrected chi connectivity index (χ1v) is 9.60. The van der Waals surface area contributed by atoms with Gasteiger partial charge in [-0.3, -0.25) is 9.69 Å². The minimum absolute atomic E-state index is 0.0647. The van der Waals surface area contributed by atoms with Crippen molar-refractivity contribution in [3.8, 4) is 11.5 Å². The van der Waals surface area contributed by atoms with Crippen LogP contribution in [-0.4, -0.2) is 44.2 Å². The summed E-state index contributed by atoms with van der Waals surface area (Å²) in [6.45, 7) is 5.24. The Bertz CT molecular complexity index is 739. The summed E-state index contributed by atoms with van der Waals surface area (Å²) < 4.78 is 10.8. The molecule has 1 aliphatic heterocycles. The third-order valence-electron chi connectivity index (χ3n) is 4.94. The maximum Gasteiger partial charge on any atom is 0.251 e. The summed E-state index contributed by atoms with van der Waals surface area (Å²) in [6, 6.07) is 15.5. The highest BCUT2D eigenvalue weighted by Gasteiger charge is 2.24. The third-order valence-corrected chi connectivity index (χ3v) is 4.94. The summed E-state index contributed by atoms with van der Waals surface area (Å²) in [7, 11) is 1.68. The van der Waals surface area contributed by atoms with E-state index in [1.165, 1.54) is 18.4 Å². The van der Waals surface area contributed by atoms with E-state index >= 15 is 0 Å². The van der Waals surface area contributed by atoms with Crippen molar-refractivity contribution in [1.82, 2.24) is 10.2 Å². The van der Waals surface area contributed by atoms with E-state index in [9.17, 15) is 4.79 Å². The van der Waals surface area contributed by atoms with Gasteiger partial charge in [-0.15, -0.1) is 0 Å². The van der Waals surface area contributed by atoms with Crippen molar-refractivity contribution in [2.45, 2.75) is 25.8 Å². The van der Waals surface area contributed by atoms with Crippen molar-refractivity contribution in [3.63, 3.8) is 0 Å². The smallest absolute Gasteiger partial charge is 0.251 e. The Labute approximate surface area is 161 Å². The second-order valence-corrected chi connectivity index (χ2v) is 6.70. The molecule has 1 fully saturated rings. The SMILES string of the molecule is CCOc1ccc(C(=O)NCC(c2cccc(OC)c2)N2CCCC2)cc1. The van der Waals surface area contributed by atoms with Gasteiger partial charge >= 0.3 is 0 Å². The molecule has 1 saturated heterocycles. The fraction of sp³-hybridized carbons (Fsp3) is 0.409. The molecule has 27 heavy (non-hydrogen) atoms. The monoisotopic (exact) mass is 368 g/mol. The molecule has 0 aromatic heterocycles. The van der Waals surface area contributed by atoms with Crippen molar-refractivity contribution in [3.05, 3.63) is 59.7 Å². The molecule has 0 aliphatic carbocycles. The molecule has 3 rings (SSSR count). The molecule has 1 atom stereocenters. The van der Waals surface area contributed by atoms with E-state index in [0.29, 0.717) is 18.7 Å². The van der Waals surface area contributed by atoms with Gasteiger partial charge in [0.2, 0.25) is 0 Å². The van der Waals surface area contributed by atoms with Gasteiger partial charge in [-0.05, 0) is 74.8 Å². The Morgan fingerprint density at radius 3 is 2.52 bits per heavy atom. The highest BCUT2D eigenvalue weighted by molar-refractivity contribution is 5.94. The molecule has 0 saturated carbocycles. The molecule has 2 aromatic carbocycles. The fourth-order valence-corrected chi connectivity index (χ4v) is 3.52. The summed E-state index contributed by atoms with van der Waals surface area (Å²) in [5, 5.41) is 3.10. The van der Waals surface area contributed by atoms with Gasteiger partial charge in [-0.2, -0.15) is 0 Å². The van der Waals surface area contributed by atoms with Crippen LogP contribution in [0.2, 0.25) is 0 Å². The van der Waals surface area contributed by atoms with Gasteiger partial charge < -0.3 is 14.8 Å². The number of carbonyl (C=O) groups is 1. The first-order valence-electron chi connectivity index (χ1n) is 9.60. The van der Waals surface area contributed by atoms with Crippen LogP contribution in [0.3, 0.4) is 0 Å². The number of methoxy groups -OCH3 is 1. The molecule has 0 radical (unpaired) electrons. The van der Waals surface area contributed by atoms with E-state index in [1.807, 2.05) is 31.2 Å². The van der Waals surface area contributed by atoms with Crippen molar-refractivity contribution < 1.29 is 14.3 Å². The zero-order valence-corrected chi connectivity index (χ0v) is 16.1. The Kier molecular flexibility index (Phi) is 6.71. The predicted octanol–water partition coefficient (Wildman–Crippen LogP) is 3.66. The number of rotatable bonds is 8. The van der Waals surface area contributed by atoms with E-state index in [1.54, 1.807) is 19.2 Å². The first kappa shape index (κ1) is 19.2. The van der Waals surface area contributed by atoms with Gasteiger partial charge in [0.15, 0.2) is 0 Å². The lowest BCUT2D eigenvalue weighted by Gasteiger charge is -2.28. The topological polar surface area (TPSA) is 50.8 Å². The highest BCUT2D eigenvalue weighted by Crippen LogP contribution is 2.27. The van der Waals surface area contributed by atoms with Crippen LogP contribution in [0.4, 0.5) is 0 Å². The second-order valence-electron chi connectivity index (χ2n) is 6.70. The third kappa shape index (κ3) is 5.01. The maximum atomic E-state index is 12.6. The average Bonchev–Trinajstić information content (AvgIpc) is 3.23. The molecule has 1 amide bonds. The number of ether oxygens (including phenoxy) is 2. The highest BCUT2D eigenvalue weighted by atomic mass is 16.5. The van der Waals surface area contributed by atoms with Crippen LogP contribution in [0.5, 0.6) is 11.5 Å². The van der Waals surface area contributed by atoms with Crippen LogP contribution < -0.4 is 14.8 Å². The van der Waals surface area contributed by atoms with E-state index in [4.69, 9.17) is 9.47 Å². The van der Waals surface area contributed by atoms with Crippen molar-refractivity contribution in [2.24, 2.45) is 0 Å². The van der Waals surface area contributed by atoms with Crippen LogP contribution in [0.15, 0.2) is 48.5 Å². The summed E-state index contributed by atoms with van der Waals surface area (Å²) >= 11 is 0. The van der Waals surface area contributed by atoms with Crippen LogP contribution in [0.25, 0.3) is 0 Å². The molecule has 2 aromatic rings. The Balaban J connectivity index is 1.69. The van der Waals surface area contributed by atoms with Gasteiger partial charge in [0, 0.05) is 12.1 Å². The minimum atomic E-state index is -0.0647. The van der Waals surface area contributed by atoms with Crippen LogP contribution in [0, 0.1) is 0 Å². The molecular weight excluding hydrogens is 340 g/mol. The molecule has 1 aliphatic rings. The quantitative estimate of drug-likeness (QED) is 0.773. The largest absolute Gasteiger partial charge is 0.497 e. The molecule has 5 nitrogen and oxygen atoms in total. The minimum Gasteiger partial charge on any atom is -0.497 e. The van der Waals surface area contributed by atoms with Crippen LogP contribution in [0.1, 0.15) is 41.7 Å². The molecule has 1 unspecified atom stereocenters. The standard InChI is InChI=1S/C22H28N2O3/c1-3-27-19-11-9-17(10-12-19)22(25)23-16-21(24-13-4-5-14-24)18-7-6-8-20(15-18)26-2/h6-12,15,21H,3-5,13-14,16H2,1-2H3,(H,23,25). The number of hydrogen-bond donors (Lipinski definition) is 1. The number of carbonyl (C=O) groups excluding carboxylic acids is 1. The van der Waals surface area contributed by atoms with Gasteiger partial charge in [-0.25, -0.2) is 0 Å². The number of nitrogens with zero attached hydrogens (tertiary/aromatic N) is 1. The normalized spacial score (nSPS) is 15.3.